The highest BCUT2D eigenvalue weighted by Crippen LogP contribution is 2.35. The Hall–Kier alpha value is -0.880. The minimum atomic E-state index is -0.518. The van der Waals surface area contributed by atoms with Gasteiger partial charge in [0.15, 0.2) is 0 Å². The lowest BCUT2D eigenvalue weighted by Crippen LogP contribution is -2.33. The van der Waals surface area contributed by atoms with Crippen molar-refractivity contribution >= 4 is 11.6 Å². The van der Waals surface area contributed by atoms with Crippen molar-refractivity contribution in [2.75, 3.05) is 33.5 Å². The maximum Gasteiger partial charge on any atom is 0.135 e. The van der Waals surface area contributed by atoms with Crippen molar-refractivity contribution in [1.29, 1.82) is 0 Å². The van der Waals surface area contributed by atoms with E-state index >= 15 is 0 Å². The van der Waals surface area contributed by atoms with Gasteiger partial charge in [-0.15, -0.1) is 0 Å². The van der Waals surface area contributed by atoms with E-state index in [9.17, 15) is 0 Å². The molecule has 0 radical (unpaired) electrons. The van der Waals surface area contributed by atoms with E-state index in [0.717, 1.165) is 25.1 Å². The van der Waals surface area contributed by atoms with Crippen LogP contribution in [0.15, 0.2) is 12.1 Å². The summed E-state index contributed by atoms with van der Waals surface area (Å²) in [4.78, 5) is 4.37. The molecule has 0 aromatic carbocycles. The third kappa shape index (κ3) is 2.76. The smallest absolute Gasteiger partial charge is 0.135 e. The monoisotopic (exact) mass is 299 g/mol. The quantitative estimate of drug-likeness (QED) is 0.780. The number of nitrogens with zero attached hydrogens (tertiary/aromatic N) is 1. The van der Waals surface area contributed by atoms with Crippen LogP contribution in [0.4, 0.5) is 0 Å². The van der Waals surface area contributed by atoms with Crippen LogP contribution in [0.5, 0.6) is 5.75 Å². The first-order valence-corrected chi connectivity index (χ1v) is 7.15. The van der Waals surface area contributed by atoms with Crippen molar-refractivity contribution in [3.8, 4) is 5.75 Å². The highest BCUT2D eigenvalue weighted by molar-refractivity contribution is 6.29. The van der Waals surface area contributed by atoms with E-state index in [0.29, 0.717) is 30.7 Å². The molecular weight excluding hydrogens is 282 g/mol. The molecule has 0 spiro atoms. The van der Waals surface area contributed by atoms with Gasteiger partial charge >= 0.3 is 0 Å². The largest absolute Gasteiger partial charge is 0.491 e. The normalized spacial score (nSPS) is 29.2. The van der Waals surface area contributed by atoms with E-state index in [4.69, 9.17) is 30.5 Å². The molecule has 2 aliphatic rings. The van der Waals surface area contributed by atoms with Gasteiger partial charge in [-0.2, -0.15) is 0 Å². The fraction of sp³-hybridized carbons (Fsp3) is 0.643. The Kier molecular flexibility index (Phi) is 4.12. The van der Waals surface area contributed by atoms with Gasteiger partial charge in [-0.1, -0.05) is 11.6 Å². The van der Waals surface area contributed by atoms with Gasteiger partial charge in [0.25, 0.3) is 0 Å². The standard InChI is InChI=1S/C14H18ClNO4/c1-17-14(3-5-18-9-14)12-6-11(7-13(15)16-12)20-8-10-2-4-19-10/h6-7,10H,2-5,8-9H2,1H3. The molecule has 3 heterocycles. The van der Waals surface area contributed by atoms with Crippen LogP contribution < -0.4 is 4.74 Å². The fourth-order valence-electron chi connectivity index (χ4n) is 2.41. The summed E-state index contributed by atoms with van der Waals surface area (Å²) in [5.41, 5.74) is 0.241. The van der Waals surface area contributed by atoms with Crippen LogP contribution in [-0.2, 0) is 19.8 Å². The maximum atomic E-state index is 6.09. The minimum absolute atomic E-state index is 0.191. The lowest BCUT2D eigenvalue weighted by Gasteiger charge is -2.27. The van der Waals surface area contributed by atoms with Crippen molar-refractivity contribution in [2.24, 2.45) is 0 Å². The van der Waals surface area contributed by atoms with Gasteiger partial charge in [0.05, 0.1) is 18.4 Å². The van der Waals surface area contributed by atoms with Gasteiger partial charge in [-0.3, -0.25) is 0 Å². The number of halogens is 1. The second-order valence-electron chi connectivity index (χ2n) is 5.10. The number of ether oxygens (including phenoxy) is 4. The van der Waals surface area contributed by atoms with Crippen molar-refractivity contribution in [1.82, 2.24) is 4.98 Å². The molecule has 2 unspecified atom stereocenters. The number of rotatable bonds is 5. The molecular formula is C14H18ClNO4. The first-order valence-electron chi connectivity index (χ1n) is 6.77. The highest BCUT2D eigenvalue weighted by Gasteiger charge is 2.39. The Morgan fingerprint density at radius 2 is 2.30 bits per heavy atom. The number of hydrogen-bond acceptors (Lipinski definition) is 5. The minimum Gasteiger partial charge on any atom is -0.491 e. The Morgan fingerprint density at radius 3 is 2.90 bits per heavy atom. The second-order valence-corrected chi connectivity index (χ2v) is 5.49. The zero-order valence-electron chi connectivity index (χ0n) is 11.4. The second kappa shape index (κ2) is 5.85. The number of methoxy groups -OCH3 is 1. The SMILES string of the molecule is COC1(c2cc(OCC3CCO3)cc(Cl)n2)CCOC1. The Bertz CT molecular complexity index is 472. The van der Waals surface area contributed by atoms with Gasteiger partial charge in [0, 0.05) is 45.3 Å². The van der Waals surface area contributed by atoms with E-state index in [2.05, 4.69) is 4.98 Å². The van der Waals surface area contributed by atoms with E-state index in [1.165, 1.54) is 0 Å². The average Bonchev–Trinajstić information content (AvgIpc) is 2.86. The Labute approximate surface area is 123 Å². The first kappa shape index (κ1) is 14.1. The molecule has 110 valence electrons. The van der Waals surface area contributed by atoms with Crippen LogP contribution in [0.2, 0.25) is 5.15 Å². The molecule has 0 saturated carbocycles. The summed E-state index contributed by atoms with van der Waals surface area (Å²) in [6.07, 6.45) is 2.00. The fourth-order valence-corrected chi connectivity index (χ4v) is 2.61. The molecule has 0 amide bonds. The average molecular weight is 300 g/mol. The zero-order chi connectivity index (χ0) is 14.0. The molecule has 20 heavy (non-hydrogen) atoms. The van der Waals surface area contributed by atoms with Gasteiger partial charge in [0.1, 0.15) is 23.1 Å². The molecule has 1 aromatic heterocycles. The van der Waals surface area contributed by atoms with E-state index in [1.807, 2.05) is 6.07 Å². The van der Waals surface area contributed by atoms with Gasteiger partial charge in [-0.05, 0) is 0 Å². The third-order valence-corrected chi connectivity index (χ3v) is 4.03. The molecule has 1 aromatic rings. The number of aromatic nitrogens is 1. The van der Waals surface area contributed by atoms with Crippen molar-refractivity contribution in [3.05, 3.63) is 23.0 Å². The Morgan fingerprint density at radius 1 is 1.45 bits per heavy atom. The number of hydrogen-bond donors (Lipinski definition) is 0. The van der Waals surface area contributed by atoms with Crippen LogP contribution in [0.25, 0.3) is 0 Å². The molecule has 0 N–H and O–H groups in total. The van der Waals surface area contributed by atoms with Crippen LogP contribution in [0.3, 0.4) is 0 Å². The van der Waals surface area contributed by atoms with Crippen LogP contribution in [0, 0.1) is 0 Å². The highest BCUT2D eigenvalue weighted by atomic mass is 35.5. The van der Waals surface area contributed by atoms with Gasteiger partial charge < -0.3 is 18.9 Å². The zero-order valence-corrected chi connectivity index (χ0v) is 12.2. The summed E-state index contributed by atoms with van der Waals surface area (Å²) in [5.74, 6) is 0.693. The van der Waals surface area contributed by atoms with E-state index in [-0.39, 0.29) is 6.10 Å². The van der Waals surface area contributed by atoms with Crippen LogP contribution >= 0.6 is 11.6 Å². The molecule has 0 bridgehead atoms. The summed E-state index contributed by atoms with van der Waals surface area (Å²) in [6.45, 7) is 2.51. The summed E-state index contributed by atoms with van der Waals surface area (Å²) in [7, 11) is 1.67. The topological polar surface area (TPSA) is 49.8 Å². The number of pyridine rings is 1. The van der Waals surface area contributed by atoms with Crippen LogP contribution in [0.1, 0.15) is 18.5 Å². The molecule has 0 aliphatic carbocycles. The molecule has 3 rings (SSSR count). The van der Waals surface area contributed by atoms with Crippen molar-refractivity contribution in [2.45, 2.75) is 24.5 Å². The molecule has 2 saturated heterocycles. The summed E-state index contributed by atoms with van der Waals surface area (Å²) in [6, 6.07) is 3.59. The molecule has 2 fully saturated rings. The third-order valence-electron chi connectivity index (χ3n) is 3.84. The predicted octanol–water partition coefficient (Wildman–Crippen LogP) is 2.16. The lowest BCUT2D eigenvalue weighted by molar-refractivity contribution is -0.0722. The first-order chi connectivity index (χ1) is 9.72. The van der Waals surface area contributed by atoms with Gasteiger partial charge in [-0.25, -0.2) is 4.98 Å². The molecule has 2 aliphatic heterocycles. The molecule has 2 atom stereocenters. The summed E-state index contributed by atoms with van der Waals surface area (Å²) in [5, 5.41) is 0.398. The molecule has 5 nitrogen and oxygen atoms in total. The summed E-state index contributed by atoms with van der Waals surface area (Å²) < 4.78 is 22.1. The maximum absolute atomic E-state index is 6.09. The van der Waals surface area contributed by atoms with E-state index in [1.54, 1.807) is 13.2 Å². The molecule has 6 heteroatoms. The van der Waals surface area contributed by atoms with Crippen molar-refractivity contribution < 1.29 is 18.9 Å². The van der Waals surface area contributed by atoms with Crippen LogP contribution in [-0.4, -0.2) is 44.6 Å². The van der Waals surface area contributed by atoms with Crippen molar-refractivity contribution in [3.63, 3.8) is 0 Å². The van der Waals surface area contributed by atoms with E-state index < -0.39 is 5.60 Å². The van der Waals surface area contributed by atoms with Gasteiger partial charge in [0.2, 0.25) is 0 Å². The predicted molar refractivity (Wildman–Crippen MR) is 73.2 cm³/mol. The Balaban J connectivity index is 1.78. The summed E-state index contributed by atoms with van der Waals surface area (Å²) >= 11 is 6.09. The lowest BCUT2D eigenvalue weighted by atomic mass is 9.98.